The number of aromatic amines is 1. The maximum Gasteiger partial charge on any atom is 0.177 e. The summed E-state index contributed by atoms with van der Waals surface area (Å²) in [6.45, 7) is 6.10. The molecule has 0 aliphatic heterocycles. The zero-order chi connectivity index (χ0) is 16.4. The topological polar surface area (TPSA) is 32.9 Å². The summed E-state index contributed by atoms with van der Waals surface area (Å²) < 4.78 is 0. The van der Waals surface area contributed by atoms with Crippen LogP contribution in [0.4, 0.5) is 0 Å². The number of nitrogens with one attached hydrogen (secondary N) is 1. The molecule has 2 nitrogen and oxygen atoms in total. The standard InChI is InChI=1S/C20H21NOS/c1-13-8-4-5-9-16(13)12-23-15(3)20(22)19-14(2)21-18-11-7-6-10-17(18)19/h4-11,15,21H,12H2,1-3H3/t15-/m1/s1. The van der Waals surface area contributed by atoms with Crippen molar-refractivity contribution in [2.45, 2.75) is 31.8 Å². The number of aromatic nitrogens is 1. The van der Waals surface area contributed by atoms with Crippen LogP contribution in [0.2, 0.25) is 0 Å². The number of fused-ring (bicyclic) bond motifs is 1. The average molecular weight is 323 g/mol. The monoisotopic (exact) mass is 323 g/mol. The third-order valence-electron chi connectivity index (χ3n) is 4.26. The minimum Gasteiger partial charge on any atom is -0.358 e. The summed E-state index contributed by atoms with van der Waals surface area (Å²) in [7, 11) is 0. The lowest BCUT2D eigenvalue weighted by atomic mass is 10.1. The maximum absolute atomic E-state index is 12.9. The Hall–Kier alpha value is -2.00. The molecule has 0 radical (unpaired) electrons. The highest BCUT2D eigenvalue weighted by Gasteiger charge is 2.21. The lowest BCUT2D eigenvalue weighted by molar-refractivity contribution is 0.0995. The molecular formula is C20H21NOS. The molecule has 1 heterocycles. The number of aryl methyl sites for hydroxylation is 2. The van der Waals surface area contributed by atoms with Gasteiger partial charge in [-0.05, 0) is 38.0 Å². The first-order valence-corrected chi connectivity index (χ1v) is 8.90. The Kier molecular flexibility index (Phi) is 4.58. The van der Waals surface area contributed by atoms with Gasteiger partial charge in [0.1, 0.15) is 0 Å². The van der Waals surface area contributed by atoms with Gasteiger partial charge < -0.3 is 4.98 Å². The van der Waals surface area contributed by atoms with Crippen LogP contribution in [0.1, 0.15) is 34.1 Å². The van der Waals surface area contributed by atoms with Crippen LogP contribution in [0.15, 0.2) is 48.5 Å². The van der Waals surface area contributed by atoms with Gasteiger partial charge in [0, 0.05) is 27.9 Å². The van der Waals surface area contributed by atoms with Gasteiger partial charge in [0.2, 0.25) is 0 Å². The van der Waals surface area contributed by atoms with E-state index in [0.29, 0.717) is 0 Å². The van der Waals surface area contributed by atoms with Crippen LogP contribution >= 0.6 is 11.8 Å². The molecule has 0 bridgehead atoms. The number of thioether (sulfide) groups is 1. The lowest BCUT2D eigenvalue weighted by Crippen LogP contribution is -2.14. The molecule has 118 valence electrons. The highest BCUT2D eigenvalue weighted by atomic mass is 32.2. The van der Waals surface area contributed by atoms with Crippen LogP contribution in [-0.4, -0.2) is 16.0 Å². The van der Waals surface area contributed by atoms with Gasteiger partial charge in [-0.3, -0.25) is 4.79 Å². The van der Waals surface area contributed by atoms with E-state index in [1.807, 2.05) is 44.2 Å². The second kappa shape index (κ2) is 6.63. The maximum atomic E-state index is 12.9. The average Bonchev–Trinajstić information content (AvgIpc) is 2.89. The van der Waals surface area contributed by atoms with E-state index in [1.54, 1.807) is 11.8 Å². The minimum absolute atomic E-state index is 0.0625. The van der Waals surface area contributed by atoms with E-state index in [-0.39, 0.29) is 11.0 Å². The van der Waals surface area contributed by atoms with E-state index < -0.39 is 0 Å². The summed E-state index contributed by atoms with van der Waals surface area (Å²) in [5.74, 6) is 1.07. The SMILES string of the molecule is Cc1ccccc1CS[C@H](C)C(=O)c1c(C)[nH]c2ccccc12. The van der Waals surface area contributed by atoms with Crippen molar-refractivity contribution >= 4 is 28.4 Å². The number of H-pyrrole nitrogens is 1. The van der Waals surface area contributed by atoms with Gasteiger partial charge in [-0.15, -0.1) is 11.8 Å². The van der Waals surface area contributed by atoms with Crippen LogP contribution in [0, 0.1) is 13.8 Å². The fourth-order valence-electron chi connectivity index (χ4n) is 2.86. The van der Waals surface area contributed by atoms with Gasteiger partial charge in [-0.2, -0.15) is 0 Å². The van der Waals surface area contributed by atoms with E-state index in [9.17, 15) is 4.79 Å². The lowest BCUT2D eigenvalue weighted by Gasteiger charge is -2.12. The molecule has 0 amide bonds. The number of Topliss-reactive ketones (excluding diaryl/α,β-unsaturated/α-hetero) is 1. The summed E-state index contributed by atoms with van der Waals surface area (Å²) in [5.41, 5.74) is 5.41. The van der Waals surface area contributed by atoms with E-state index >= 15 is 0 Å². The van der Waals surface area contributed by atoms with Crippen LogP contribution in [-0.2, 0) is 5.75 Å². The van der Waals surface area contributed by atoms with Crippen LogP contribution in [0.25, 0.3) is 10.9 Å². The molecule has 3 heteroatoms. The number of benzene rings is 2. The van der Waals surface area contributed by atoms with E-state index in [4.69, 9.17) is 0 Å². The van der Waals surface area contributed by atoms with Crippen LogP contribution in [0.3, 0.4) is 0 Å². The van der Waals surface area contributed by atoms with Gasteiger partial charge in [0.15, 0.2) is 5.78 Å². The molecule has 3 rings (SSSR count). The summed E-state index contributed by atoms with van der Waals surface area (Å²) in [5, 5.41) is 0.964. The number of carbonyl (C=O) groups excluding carboxylic acids is 1. The van der Waals surface area contributed by atoms with Gasteiger partial charge in [-0.25, -0.2) is 0 Å². The molecule has 2 aromatic carbocycles. The predicted molar refractivity (Wildman–Crippen MR) is 99.3 cm³/mol. The smallest absolute Gasteiger partial charge is 0.177 e. The summed E-state index contributed by atoms with van der Waals surface area (Å²) in [6.07, 6.45) is 0. The zero-order valence-electron chi connectivity index (χ0n) is 13.7. The third kappa shape index (κ3) is 3.20. The number of hydrogen-bond donors (Lipinski definition) is 1. The van der Waals surface area contributed by atoms with Crippen molar-refractivity contribution in [3.63, 3.8) is 0 Å². The van der Waals surface area contributed by atoms with Crippen LogP contribution in [0.5, 0.6) is 0 Å². The zero-order valence-corrected chi connectivity index (χ0v) is 14.5. The number of para-hydroxylation sites is 1. The highest BCUT2D eigenvalue weighted by molar-refractivity contribution is 7.99. The second-order valence-electron chi connectivity index (χ2n) is 5.91. The third-order valence-corrected chi connectivity index (χ3v) is 5.45. The molecule has 1 atom stereocenters. The number of hydrogen-bond acceptors (Lipinski definition) is 2. The normalized spacial score (nSPS) is 12.5. The molecule has 0 aliphatic carbocycles. The fraction of sp³-hybridized carbons (Fsp3) is 0.250. The Morgan fingerprint density at radius 2 is 1.78 bits per heavy atom. The first kappa shape index (κ1) is 15.9. The Labute approximate surface area is 141 Å². The Balaban J connectivity index is 1.79. The Bertz CT molecular complexity index is 850. The minimum atomic E-state index is -0.0625. The van der Waals surface area contributed by atoms with Gasteiger partial charge in [-0.1, -0.05) is 42.5 Å². The Morgan fingerprint density at radius 1 is 1.09 bits per heavy atom. The predicted octanol–water partition coefficient (Wildman–Crippen LogP) is 5.29. The highest BCUT2D eigenvalue weighted by Crippen LogP contribution is 2.28. The number of rotatable bonds is 5. The van der Waals surface area contributed by atoms with Crippen molar-refractivity contribution < 1.29 is 4.79 Å². The molecule has 0 fully saturated rings. The molecule has 0 aliphatic rings. The summed E-state index contributed by atoms with van der Waals surface area (Å²) in [4.78, 5) is 16.2. The molecule has 1 N–H and O–H groups in total. The summed E-state index contributed by atoms with van der Waals surface area (Å²) in [6, 6.07) is 16.4. The second-order valence-corrected chi connectivity index (χ2v) is 7.24. The van der Waals surface area contributed by atoms with Crippen molar-refractivity contribution in [2.75, 3.05) is 0 Å². The molecule has 23 heavy (non-hydrogen) atoms. The van der Waals surface area contributed by atoms with Gasteiger partial charge >= 0.3 is 0 Å². The molecular weight excluding hydrogens is 302 g/mol. The van der Waals surface area contributed by atoms with E-state index in [0.717, 1.165) is 27.9 Å². The van der Waals surface area contributed by atoms with E-state index in [1.165, 1.54) is 11.1 Å². The van der Waals surface area contributed by atoms with Crippen LogP contribution < -0.4 is 0 Å². The molecule has 0 saturated heterocycles. The van der Waals surface area contributed by atoms with Crippen molar-refractivity contribution in [1.29, 1.82) is 0 Å². The van der Waals surface area contributed by atoms with Crippen molar-refractivity contribution in [3.05, 3.63) is 70.9 Å². The molecule has 0 spiro atoms. The molecule has 0 unspecified atom stereocenters. The fourth-order valence-corrected chi connectivity index (χ4v) is 3.88. The van der Waals surface area contributed by atoms with Gasteiger partial charge in [0.05, 0.1) is 5.25 Å². The first-order valence-electron chi connectivity index (χ1n) is 7.85. The number of carbonyl (C=O) groups is 1. The largest absolute Gasteiger partial charge is 0.358 e. The number of ketones is 1. The van der Waals surface area contributed by atoms with Gasteiger partial charge in [0.25, 0.3) is 0 Å². The molecule has 1 aromatic heterocycles. The quantitative estimate of drug-likeness (QED) is 0.647. The van der Waals surface area contributed by atoms with Crippen molar-refractivity contribution in [3.8, 4) is 0 Å². The van der Waals surface area contributed by atoms with E-state index in [2.05, 4.69) is 30.1 Å². The summed E-state index contributed by atoms with van der Waals surface area (Å²) >= 11 is 1.70. The Morgan fingerprint density at radius 3 is 2.57 bits per heavy atom. The first-order chi connectivity index (χ1) is 11.1. The molecule has 0 saturated carbocycles. The molecule has 3 aromatic rings. The van der Waals surface area contributed by atoms with Crippen molar-refractivity contribution in [1.82, 2.24) is 4.98 Å². The van der Waals surface area contributed by atoms with Crippen molar-refractivity contribution in [2.24, 2.45) is 0 Å².